The fourth-order valence-electron chi connectivity index (χ4n) is 2.48. The van der Waals surface area contributed by atoms with Crippen molar-refractivity contribution in [2.24, 2.45) is 0 Å². The van der Waals surface area contributed by atoms with E-state index in [1.54, 1.807) is 12.3 Å². The predicted molar refractivity (Wildman–Crippen MR) is 79.0 cm³/mol. The third kappa shape index (κ3) is 2.28. The molecule has 0 spiro atoms. The van der Waals surface area contributed by atoms with E-state index in [1.807, 2.05) is 43.4 Å². The van der Waals surface area contributed by atoms with Crippen LogP contribution in [-0.4, -0.2) is 12.0 Å². The van der Waals surface area contributed by atoms with Crippen LogP contribution in [0.5, 0.6) is 0 Å². The number of aromatic nitrogens is 1. The van der Waals surface area contributed by atoms with Gasteiger partial charge in [0.15, 0.2) is 0 Å². The number of nitrogens with zero attached hydrogens (tertiary/aromatic N) is 1. The van der Waals surface area contributed by atoms with Crippen LogP contribution in [0.3, 0.4) is 0 Å². The molecule has 1 N–H and O–H groups in total. The summed E-state index contributed by atoms with van der Waals surface area (Å²) in [6, 6.07) is 16.6. The molecule has 1 atom stereocenters. The molecule has 2 aromatic carbocycles. The SMILES string of the molecule is CNC(c1ccc2ncccc2c1)c1ccccc1F. The summed E-state index contributed by atoms with van der Waals surface area (Å²) in [5, 5.41) is 4.24. The third-order valence-electron chi connectivity index (χ3n) is 3.47. The molecule has 3 aromatic rings. The lowest BCUT2D eigenvalue weighted by atomic mass is 9.97. The van der Waals surface area contributed by atoms with Crippen LogP contribution in [0.2, 0.25) is 0 Å². The van der Waals surface area contributed by atoms with Crippen LogP contribution < -0.4 is 5.32 Å². The van der Waals surface area contributed by atoms with Gasteiger partial charge in [-0.05, 0) is 36.9 Å². The van der Waals surface area contributed by atoms with Crippen LogP contribution in [-0.2, 0) is 0 Å². The first-order chi connectivity index (χ1) is 9.79. The molecule has 2 nitrogen and oxygen atoms in total. The van der Waals surface area contributed by atoms with E-state index in [9.17, 15) is 4.39 Å². The van der Waals surface area contributed by atoms with Crippen molar-refractivity contribution in [3.8, 4) is 0 Å². The fourth-order valence-corrected chi connectivity index (χ4v) is 2.48. The zero-order chi connectivity index (χ0) is 13.9. The Labute approximate surface area is 117 Å². The van der Waals surface area contributed by atoms with E-state index in [1.165, 1.54) is 6.07 Å². The van der Waals surface area contributed by atoms with Gasteiger partial charge in [-0.15, -0.1) is 0 Å². The van der Waals surface area contributed by atoms with Crippen molar-refractivity contribution in [2.75, 3.05) is 7.05 Å². The number of hydrogen-bond donors (Lipinski definition) is 1. The summed E-state index contributed by atoms with van der Waals surface area (Å²) in [5.41, 5.74) is 2.62. The van der Waals surface area contributed by atoms with Gasteiger partial charge in [0, 0.05) is 17.1 Å². The fraction of sp³-hybridized carbons (Fsp3) is 0.118. The molecule has 1 aromatic heterocycles. The number of rotatable bonds is 3. The highest BCUT2D eigenvalue weighted by Crippen LogP contribution is 2.26. The number of pyridine rings is 1. The average Bonchev–Trinajstić information content (AvgIpc) is 2.50. The molecule has 1 unspecified atom stereocenters. The Balaban J connectivity index is 2.10. The Kier molecular flexibility index (Phi) is 3.44. The number of nitrogens with one attached hydrogen (secondary N) is 1. The Morgan fingerprint density at radius 1 is 1.05 bits per heavy atom. The second kappa shape index (κ2) is 5.39. The molecule has 20 heavy (non-hydrogen) atoms. The average molecular weight is 266 g/mol. The van der Waals surface area contributed by atoms with Crippen LogP contribution in [0, 0.1) is 5.82 Å². The maximum absolute atomic E-state index is 14.0. The molecule has 0 bridgehead atoms. The molecular formula is C17H15FN2. The van der Waals surface area contributed by atoms with Gasteiger partial charge in [0.25, 0.3) is 0 Å². The molecule has 0 aliphatic rings. The summed E-state index contributed by atoms with van der Waals surface area (Å²) >= 11 is 0. The summed E-state index contributed by atoms with van der Waals surface area (Å²) < 4.78 is 14.0. The molecule has 1 heterocycles. The van der Waals surface area contributed by atoms with Crippen molar-refractivity contribution in [3.05, 3.63) is 77.7 Å². The molecule has 3 rings (SSSR count). The number of hydrogen-bond acceptors (Lipinski definition) is 2. The second-order valence-corrected chi connectivity index (χ2v) is 4.70. The Morgan fingerprint density at radius 3 is 2.70 bits per heavy atom. The summed E-state index contributed by atoms with van der Waals surface area (Å²) in [5.74, 6) is -0.196. The third-order valence-corrected chi connectivity index (χ3v) is 3.47. The van der Waals surface area contributed by atoms with Crippen molar-refractivity contribution in [1.82, 2.24) is 10.3 Å². The molecule has 3 heteroatoms. The summed E-state index contributed by atoms with van der Waals surface area (Å²) in [4.78, 5) is 4.30. The molecule has 0 radical (unpaired) electrons. The summed E-state index contributed by atoms with van der Waals surface area (Å²) in [7, 11) is 1.84. The van der Waals surface area contributed by atoms with Gasteiger partial charge >= 0.3 is 0 Å². The normalized spacial score (nSPS) is 12.5. The molecule has 0 amide bonds. The van der Waals surface area contributed by atoms with Crippen molar-refractivity contribution < 1.29 is 4.39 Å². The highest BCUT2D eigenvalue weighted by atomic mass is 19.1. The molecular weight excluding hydrogens is 251 g/mol. The van der Waals surface area contributed by atoms with Gasteiger partial charge in [0.2, 0.25) is 0 Å². The van der Waals surface area contributed by atoms with E-state index in [0.29, 0.717) is 5.56 Å². The quantitative estimate of drug-likeness (QED) is 0.782. The van der Waals surface area contributed by atoms with Crippen molar-refractivity contribution >= 4 is 10.9 Å². The van der Waals surface area contributed by atoms with Crippen molar-refractivity contribution in [2.45, 2.75) is 6.04 Å². The van der Waals surface area contributed by atoms with Crippen LogP contribution >= 0.6 is 0 Å². The van der Waals surface area contributed by atoms with Crippen LogP contribution in [0.25, 0.3) is 10.9 Å². The minimum atomic E-state index is -0.196. The van der Waals surface area contributed by atoms with E-state index >= 15 is 0 Å². The first-order valence-electron chi connectivity index (χ1n) is 6.56. The number of fused-ring (bicyclic) bond motifs is 1. The Bertz CT molecular complexity index is 740. The molecule has 0 saturated carbocycles. The first-order valence-corrected chi connectivity index (χ1v) is 6.56. The first kappa shape index (κ1) is 12.8. The van der Waals surface area contributed by atoms with Gasteiger partial charge in [0.05, 0.1) is 11.6 Å². The van der Waals surface area contributed by atoms with Gasteiger partial charge in [-0.3, -0.25) is 4.98 Å². The largest absolute Gasteiger partial charge is 0.309 e. The van der Waals surface area contributed by atoms with E-state index in [2.05, 4.69) is 16.4 Å². The maximum Gasteiger partial charge on any atom is 0.128 e. The molecule has 0 aliphatic carbocycles. The molecule has 0 saturated heterocycles. The van der Waals surface area contributed by atoms with E-state index in [-0.39, 0.29) is 11.9 Å². The monoisotopic (exact) mass is 266 g/mol. The van der Waals surface area contributed by atoms with Crippen molar-refractivity contribution in [1.29, 1.82) is 0 Å². The van der Waals surface area contributed by atoms with E-state index in [4.69, 9.17) is 0 Å². The van der Waals surface area contributed by atoms with Gasteiger partial charge in [0.1, 0.15) is 5.82 Å². The second-order valence-electron chi connectivity index (χ2n) is 4.70. The highest BCUT2D eigenvalue weighted by molar-refractivity contribution is 5.79. The zero-order valence-electron chi connectivity index (χ0n) is 11.2. The van der Waals surface area contributed by atoms with Gasteiger partial charge in [-0.1, -0.05) is 30.3 Å². The van der Waals surface area contributed by atoms with Crippen LogP contribution in [0.1, 0.15) is 17.2 Å². The Hall–Kier alpha value is -2.26. The Morgan fingerprint density at radius 2 is 1.90 bits per heavy atom. The van der Waals surface area contributed by atoms with Crippen LogP contribution in [0.4, 0.5) is 4.39 Å². The lowest BCUT2D eigenvalue weighted by Crippen LogP contribution is -2.18. The molecule has 0 fully saturated rings. The van der Waals surface area contributed by atoms with E-state index in [0.717, 1.165) is 16.5 Å². The van der Waals surface area contributed by atoms with Gasteiger partial charge < -0.3 is 5.32 Å². The standard InChI is InChI=1S/C17H15FN2/c1-19-17(14-6-2-3-7-15(14)18)13-8-9-16-12(11-13)5-4-10-20-16/h2-11,17,19H,1H3. The lowest BCUT2D eigenvalue weighted by molar-refractivity contribution is 0.576. The zero-order valence-corrected chi connectivity index (χ0v) is 11.2. The number of halogens is 1. The summed E-state index contributed by atoms with van der Waals surface area (Å²) in [6.07, 6.45) is 1.77. The smallest absolute Gasteiger partial charge is 0.128 e. The predicted octanol–water partition coefficient (Wildman–Crippen LogP) is 3.68. The molecule has 100 valence electrons. The topological polar surface area (TPSA) is 24.9 Å². The van der Waals surface area contributed by atoms with E-state index < -0.39 is 0 Å². The maximum atomic E-state index is 14.0. The van der Waals surface area contributed by atoms with Crippen LogP contribution in [0.15, 0.2) is 60.8 Å². The lowest BCUT2D eigenvalue weighted by Gasteiger charge is -2.18. The van der Waals surface area contributed by atoms with Gasteiger partial charge in [-0.2, -0.15) is 0 Å². The highest BCUT2D eigenvalue weighted by Gasteiger charge is 2.15. The number of benzene rings is 2. The van der Waals surface area contributed by atoms with Crippen molar-refractivity contribution in [3.63, 3.8) is 0 Å². The molecule has 0 aliphatic heterocycles. The minimum absolute atomic E-state index is 0.166. The minimum Gasteiger partial charge on any atom is -0.309 e. The summed E-state index contributed by atoms with van der Waals surface area (Å²) in [6.45, 7) is 0. The van der Waals surface area contributed by atoms with Gasteiger partial charge in [-0.25, -0.2) is 4.39 Å².